The van der Waals surface area contributed by atoms with Gasteiger partial charge in [-0.1, -0.05) is 36.4 Å². The highest BCUT2D eigenvalue weighted by molar-refractivity contribution is 5.24. The van der Waals surface area contributed by atoms with Crippen molar-refractivity contribution in [3.63, 3.8) is 0 Å². The van der Waals surface area contributed by atoms with E-state index in [0.29, 0.717) is 0 Å². The van der Waals surface area contributed by atoms with Gasteiger partial charge in [0.25, 0.3) is 0 Å². The van der Waals surface area contributed by atoms with Crippen LogP contribution in [0.3, 0.4) is 0 Å². The van der Waals surface area contributed by atoms with Crippen molar-refractivity contribution in [2.45, 2.75) is 25.2 Å². The van der Waals surface area contributed by atoms with Crippen LogP contribution in [0, 0.1) is 0 Å². The molecule has 104 valence electrons. The van der Waals surface area contributed by atoms with E-state index < -0.39 is 5.72 Å². The summed E-state index contributed by atoms with van der Waals surface area (Å²) in [6.07, 6.45) is 0.920. The predicted octanol–water partition coefficient (Wildman–Crippen LogP) is 3.22. The van der Waals surface area contributed by atoms with Crippen molar-refractivity contribution in [2.75, 3.05) is 6.54 Å². The zero-order valence-corrected chi connectivity index (χ0v) is 11.6. The Labute approximate surface area is 119 Å². The topological polar surface area (TPSA) is 30.5 Å². The summed E-state index contributed by atoms with van der Waals surface area (Å²) in [6, 6.07) is 19.7. The monoisotopic (exact) mass is 269 g/mol. The molecule has 0 spiro atoms. The second-order valence-corrected chi connectivity index (χ2v) is 5.16. The van der Waals surface area contributed by atoms with Crippen molar-refractivity contribution in [3.05, 3.63) is 60.7 Å². The molecule has 1 heterocycles. The summed E-state index contributed by atoms with van der Waals surface area (Å²) in [6.45, 7) is 2.93. The molecule has 1 N–H and O–H groups in total. The maximum atomic E-state index is 6.11. The maximum absolute atomic E-state index is 6.11. The standard InChI is InChI=1S/C17H19NO2/c1-17(20-15-10-6-3-7-11-15)16(12-13-18-17)19-14-8-4-2-5-9-14/h2-11,16,18H,12-13H2,1H3. The minimum atomic E-state index is -0.503. The van der Waals surface area contributed by atoms with Gasteiger partial charge in [-0.3, -0.25) is 5.32 Å². The van der Waals surface area contributed by atoms with Gasteiger partial charge in [-0.25, -0.2) is 0 Å². The van der Waals surface area contributed by atoms with Crippen LogP contribution in [0.4, 0.5) is 0 Å². The Bertz CT molecular complexity index is 543. The van der Waals surface area contributed by atoms with E-state index in [9.17, 15) is 0 Å². The van der Waals surface area contributed by atoms with Crippen LogP contribution in [0.5, 0.6) is 11.5 Å². The summed E-state index contributed by atoms with van der Waals surface area (Å²) in [5.41, 5.74) is -0.503. The first-order chi connectivity index (χ1) is 9.76. The Morgan fingerprint density at radius 1 is 0.950 bits per heavy atom. The largest absolute Gasteiger partial charge is 0.485 e. The van der Waals surface area contributed by atoms with Crippen molar-refractivity contribution >= 4 is 0 Å². The summed E-state index contributed by atoms with van der Waals surface area (Å²) < 4.78 is 12.2. The summed E-state index contributed by atoms with van der Waals surface area (Å²) >= 11 is 0. The van der Waals surface area contributed by atoms with Crippen molar-refractivity contribution in [2.24, 2.45) is 0 Å². The van der Waals surface area contributed by atoms with Crippen molar-refractivity contribution in [1.82, 2.24) is 5.32 Å². The van der Waals surface area contributed by atoms with Crippen molar-refractivity contribution < 1.29 is 9.47 Å². The van der Waals surface area contributed by atoms with Crippen molar-refractivity contribution in [3.8, 4) is 11.5 Å². The van der Waals surface area contributed by atoms with E-state index in [4.69, 9.17) is 9.47 Å². The molecule has 0 aromatic heterocycles. The van der Waals surface area contributed by atoms with Crippen LogP contribution in [0.15, 0.2) is 60.7 Å². The number of rotatable bonds is 4. The fourth-order valence-corrected chi connectivity index (χ4v) is 2.51. The fourth-order valence-electron chi connectivity index (χ4n) is 2.51. The van der Waals surface area contributed by atoms with Gasteiger partial charge in [-0.05, 0) is 31.2 Å². The molecule has 0 amide bonds. The number of benzene rings is 2. The lowest BCUT2D eigenvalue weighted by atomic mass is 10.1. The summed E-state index contributed by atoms with van der Waals surface area (Å²) in [5.74, 6) is 1.73. The third-order valence-corrected chi connectivity index (χ3v) is 3.59. The van der Waals surface area contributed by atoms with Crippen LogP contribution in [0.1, 0.15) is 13.3 Å². The second kappa shape index (κ2) is 5.55. The molecule has 1 saturated heterocycles. The van der Waals surface area contributed by atoms with Gasteiger partial charge in [0, 0.05) is 13.0 Å². The van der Waals surface area contributed by atoms with Crippen LogP contribution < -0.4 is 14.8 Å². The minimum Gasteiger partial charge on any atom is -0.485 e. The SMILES string of the molecule is CC1(Oc2ccccc2)NCCC1Oc1ccccc1. The van der Waals surface area contributed by atoms with E-state index >= 15 is 0 Å². The van der Waals surface area contributed by atoms with Gasteiger partial charge in [0.1, 0.15) is 11.5 Å². The molecule has 0 bridgehead atoms. The fraction of sp³-hybridized carbons (Fsp3) is 0.294. The summed E-state index contributed by atoms with van der Waals surface area (Å²) in [7, 11) is 0. The lowest BCUT2D eigenvalue weighted by Crippen LogP contribution is -2.52. The van der Waals surface area contributed by atoms with Gasteiger partial charge >= 0.3 is 0 Å². The molecule has 20 heavy (non-hydrogen) atoms. The number of hydrogen-bond acceptors (Lipinski definition) is 3. The molecule has 1 fully saturated rings. The Hall–Kier alpha value is -2.00. The minimum absolute atomic E-state index is 0.00916. The first-order valence-electron chi connectivity index (χ1n) is 6.97. The normalized spacial score (nSPS) is 25.4. The first-order valence-corrected chi connectivity index (χ1v) is 6.97. The average molecular weight is 269 g/mol. The average Bonchev–Trinajstić information content (AvgIpc) is 2.82. The lowest BCUT2D eigenvalue weighted by molar-refractivity contribution is -0.0197. The van der Waals surface area contributed by atoms with E-state index in [1.807, 2.05) is 67.6 Å². The third kappa shape index (κ3) is 2.78. The van der Waals surface area contributed by atoms with Crippen LogP contribution in [0.2, 0.25) is 0 Å². The van der Waals surface area contributed by atoms with Crippen LogP contribution in [-0.2, 0) is 0 Å². The Balaban J connectivity index is 1.74. The van der Waals surface area contributed by atoms with Gasteiger partial charge in [-0.2, -0.15) is 0 Å². The smallest absolute Gasteiger partial charge is 0.195 e. The molecule has 3 rings (SSSR count). The molecule has 2 atom stereocenters. The Morgan fingerprint density at radius 2 is 1.55 bits per heavy atom. The third-order valence-electron chi connectivity index (χ3n) is 3.59. The molecule has 2 aromatic carbocycles. The zero-order valence-electron chi connectivity index (χ0n) is 11.6. The molecular weight excluding hydrogens is 250 g/mol. The number of hydrogen-bond donors (Lipinski definition) is 1. The van der Waals surface area contributed by atoms with Gasteiger partial charge in [-0.15, -0.1) is 0 Å². The molecule has 3 nitrogen and oxygen atoms in total. The molecule has 3 heteroatoms. The maximum Gasteiger partial charge on any atom is 0.195 e. The van der Waals surface area contributed by atoms with Crippen molar-refractivity contribution in [1.29, 1.82) is 0 Å². The summed E-state index contributed by atoms with van der Waals surface area (Å²) in [5, 5.41) is 3.40. The van der Waals surface area contributed by atoms with E-state index in [0.717, 1.165) is 24.5 Å². The molecular formula is C17H19NO2. The van der Waals surface area contributed by atoms with Gasteiger partial charge in [0.2, 0.25) is 0 Å². The summed E-state index contributed by atoms with van der Waals surface area (Å²) in [4.78, 5) is 0. The van der Waals surface area contributed by atoms with Crippen LogP contribution in [0.25, 0.3) is 0 Å². The highest BCUT2D eigenvalue weighted by atomic mass is 16.6. The molecule has 1 aliphatic rings. The Morgan fingerprint density at radius 3 is 2.20 bits per heavy atom. The van der Waals surface area contributed by atoms with Gasteiger partial charge < -0.3 is 9.47 Å². The number of nitrogens with one attached hydrogen (secondary N) is 1. The highest BCUT2D eigenvalue weighted by Crippen LogP contribution is 2.28. The van der Waals surface area contributed by atoms with E-state index in [-0.39, 0.29) is 6.10 Å². The number of para-hydroxylation sites is 2. The molecule has 0 radical (unpaired) electrons. The predicted molar refractivity (Wildman–Crippen MR) is 79.0 cm³/mol. The highest BCUT2D eigenvalue weighted by Gasteiger charge is 2.42. The van der Waals surface area contributed by atoms with Gasteiger partial charge in [0.05, 0.1) is 0 Å². The lowest BCUT2D eigenvalue weighted by Gasteiger charge is -2.32. The first kappa shape index (κ1) is 13.0. The molecule has 0 saturated carbocycles. The molecule has 2 unspecified atom stereocenters. The molecule has 0 aliphatic carbocycles. The van der Waals surface area contributed by atoms with E-state index in [2.05, 4.69) is 5.32 Å². The quantitative estimate of drug-likeness (QED) is 0.924. The zero-order chi connectivity index (χ0) is 13.8. The molecule has 1 aliphatic heterocycles. The Kier molecular flexibility index (Phi) is 3.61. The van der Waals surface area contributed by atoms with Crippen LogP contribution >= 0.6 is 0 Å². The van der Waals surface area contributed by atoms with E-state index in [1.54, 1.807) is 0 Å². The second-order valence-electron chi connectivity index (χ2n) is 5.16. The number of ether oxygens (including phenoxy) is 2. The van der Waals surface area contributed by atoms with E-state index in [1.165, 1.54) is 0 Å². The van der Waals surface area contributed by atoms with Crippen LogP contribution in [-0.4, -0.2) is 18.4 Å². The molecule has 2 aromatic rings. The van der Waals surface area contributed by atoms with Gasteiger partial charge in [0.15, 0.2) is 11.8 Å².